The van der Waals surface area contributed by atoms with Crippen LogP contribution in [0.25, 0.3) is 11.6 Å². The zero-order chi connectivity index (χ0) is 11.0. The minimum atomic E-state index is -0.344. The van der Waals surface area contributed by atoms with Crippen LogP contribution in [0.2, 0.25) is 0 Å². The van der Waals surface area contributed by atoms with Crippen LogP contribution in [-0.2, 0) is 0 Å². The molecule has 6 nitrogen and oxygen atoms in total. The summed E-state index contributed by atoms with van der Waals surface area (Å²) in [5.74, 6) is 1.50. The summed E-state index contributed by atoms with van der Waals surface area (Å²) in [4.78, 5) is 4.22. The summed E-state index contributed by atoms with van der Waals surface area (Å²) in [5, 5.41) is 16.3. The van der Waals surface area contributed by atoms with Gasteiger partial charge >= 0.3 is 0 Å². The van der Waals surface area contributed by atoms with Gasteiger partial charge in [-0.05, 0) is 18.6 Å². The van der Waals surface area contributed by atoms with Crippen LogP contribution in [0.1, 0.15) is 18.4 Å². The monoisotopic (exact) mass is 221 g/mol. The van der Waals surface area contributed by atoms with Crippen molar-refractivity contribution >= 4 is 0 Å². The van der Waals surface area contributed by atoms with E-state index < -0.39 is 0 Å². The average molecular weight is 221 g/mol. The molecule has 0 bridgehead atoms. The molecule has 0 aliphatic carbocycles. The van der Waals surface area contributed by atoms with Crippen molar-refractivity contribution in [2.75, 3.05) is 6.54 Å². The molecule has 2 aromatic rings. The molecule has 0 spiro atoms. The molecule has 1 fully saturated rings. The second-order valence-electron chi connectivity index (χ2n) is 3.78. The number of aliphatic hydroxyl groups is 1. The zero-order valence-electron chi connectivity index (χ0n) is 8.46. The van der Waals surface area contributed by atoms with Crippen LogP contribution in [0.3, 0.4) is 0 Å². The number of rotatable bonds is 2. The number of nitrogens with one attached hydrogen (secondary N) is 1. The van der Waals surface area contributed by atoms with E-state index in [0.29, 0.717) is 30.4 Å². The molecule has 0 aromatic carbocycles. The number of aliphatic hydroxyl groups excluding tert-OH is 1. The molecule has 84 valence electrons. The smallest absolute Gasteiger partial charge is 0.244 e. The first-order chi connectivity index (χ1) is 7.83. The minimum Gasteiger partial charge on any atom is -0.461 e. The highest BCUT2D eigenvalue weighted by atomic mass is 16.5. The lowest BCUT2D eigenvalue weighted by Gasteiger charge is -2.01. The third-order valence-electron chi connectivity index (χ3n) is 2.59. The first-order valence-electron chi connectivity index (χ1n) is 5.12. The summed E-state index contributed by atoms with van der Waals surface area (Å²) in [5.41, 5.74) is 0. The number of hydrogen-bond acceptors (Lipinski definition) is 6. The predicted molar refractivity (Wildman–Crippen MR) is 53.4 cm³/mol. The van der Waals surface area contributed by atoms with Crippen LogP contribution in [0.4, 0.5) is 0 Å². The van der Waals surface area contributed by atoms with Gasteiger partial charge in [0.05, 0.1) is 18.4 Å². The Morgan fingerprint density at radius 2 is 2.44 bits per heavy atom. The van der Waals surface area contributed by atoms with Crippen LogP contribution in [-0.4, -0.2) is 27.9 Å². The van der Waals surface area contributed by atoms with Gasteiger partial charge in [0.15, 0.2) is 5.76 Å². The second kappa shape index (κ2) is 3.73. The van der Waals surface area contributed by atoms with E-state index in [1.807, 2.05) is 0 Å². The Morgan fingerprint density at radius 1 is 1.50 bits per heavy atom. The average Bonchev–Trinajstić information content (AvgIpc) is 2.97. The molecule has 1 aliphatic heterocycles. The van der Waals surface area contributed by atoms with Crippen LogP contribution < -0.4 is 5.32 Å². The number of furan rings is 1. The molecule has 2 atom stereocenters. The van der Waals surface area contributed by atoms with Gasteiger partial charge in [0, 0.05) is 6.54 Å². The topological polar surface area (TPSA) is 84.3 Å². The highest BCUT2D eigenvalue weighted by molar-refractivity contribution is 5.44. The van der Waals surface area contributed by atoms with E-state index in [-0.39, 0.29) is 12.1 Å². The molecule has 16 heavy (non-hydrogen) atoms. The van der Waals surface area contributed by atoms with Gasteiger partial charge in [0.2, 0.25) is 11.7 Å². The zero-order valence-corrected chi connectivity index (χ0v) is 8.46. The van der Waals surface area contributed by atoms with Crippen molar-refractivity contribution in [3.8, 4) is 11.6 Å². The van der Waals surface area contributed by atoms with Gasteiger partial charge in [-0.25, -0.2) is 0 Å². The van der Waals surface area contributed by atoms with E-state index in [1.54, 1.807) is 18.4 Å². The summed E-state index contributed by atoms with van der Waals surface area (Å²) in [6.45, 7) is 0.559. The largest absolute Gasteiger partial charge is 0.461 e. The minimum absolute atomic E-state index is 0.0637. The lowest BCUT2D eigenvalue weighted by molar-refractivity contribution is 0.191. The third-order valence-corrected chi connectivity index (χ3v) is 2.59. The van der Waals surface area contributed by atoms with Gasteiger partial charge in [-0.3, -0.25) is 0 Å². The van der Waals surface area contributed by atoms with E-state index in [9.17, 15) is 5.11 Å². The molecule has 0 saturated carbocycles. The maximum absolute atomic E-state index is 9.38. The van der Waals surface area contributed by atoms with Crippen molar-refractivity contribution in [2.45, 2.75) is 18.6 Å². The standard InChI is InChI=1S/C10H11N3O3/c14-6-4-7(11-5-6)10-12-9(13-16-10)8-2-1-3-15-8/h1-3,6-7,11,14H,4-5H2/t6-,7+/m1/s1. The predicted octanol–water partition coefficient (Wildman–Crippen LogP) is 0.725. The van der Waals surface area contributed by atoms with Crippen molar-refractivity contribution in [3.05, 3.63) is 24.3 Å². The molecule has 3 heterocycles. The fraction of sp³-hybridized carbons (Fsp3) is 0.400. The van der Waals surface area contributed by atoms with E-state index in [2.05, 4.69) is 15.5 Å². The first kappa shape index (κ1) is 9.56. The maximum Gasteiger partial charge on any atom is 0.244 e. The first-order valence-corrected chi connectivity index (χ1v) is 5.12. The molecule has 0 amide bonds. The van der Waals surface area contributed by atoms with E-state index in [1.165, 1.54) is 0 Å². The molecule has 2 N–H and O–H groups in total. The summed E-state index contributed by atoms with van der Waals surface area (Å²) >= 11 is 0. The normalized spacial score (nSPS) is 25.1. The molecular weight excluding hydrogens is 210 g/mol. The van der Waals surface area contributed by atoms with Crippen molar-refractivity contribution < 1.29 is 14.0 Å². The quantitative estimate of drug-likeness (QED) is 0.777. The second-order valence-corrected chi connectivity index (χ2v) is 3.78. The lowest BCUT2D eigenvalue weighted by Crippen LogP contribution is -2.15. The Kier molecular flexibility index (Phi) is 2.23. The summed E-state index contributed by atoms with van der Waals surface area (Å²) in [7, 11) is 0. The van der Waals surface area contributed by atoms with Crippen molar-refractivity contribution in [2.24, 2.45) is 0 Å². The van der Waals surface area contributed by atoms with E-state index in [4.69, 9.17) is 8.94 Å². The summed E-state index contributed by atoms with van der Waals surface area (Å²) in [6.07, 6.45) is 1.81. The lowest BCUT2D eigenvalue weighted by atomic mass is 10.2. The Morgan fingerprint density at radius 3 is 3.12 bits per heavy atom. The SMILES string of the molecule is O[C@H]1CN[C@H](c2nc(-c3ccco3)no2)C1. The van der Waals surface area contributed by atoms with Gasteiger partial charge in [-0.2, -0.15) is 4.98 Å². The fourth-order valence-electron chi connectivity index (χ4n) is 1.79. The number of hydrogen-bond donors (Lipinski definition) is 2. The number of aromatic nitrogens is 2. The van der Waals surface area contributed by atoms with E-state index in [0.717, 1.165) is 0 Å². The van der Waals surface area contributed by atoms with Gasteiger partial charge < -0.3 is 19.4 Å². The maximum atomic E-state index is 9.38. The number of nitrogens with zero attached hydrogens (tertiary/aromatic N) is 2. The van der Waals surface area contributed by atoms with Crippen LogP contribution in [0.5, 0.6) is 0 Å². The van der Waals surface area contributed by atoms with Crippen LogP contribution >= 0.6 is 0 Å². The summed E-state index contributed by atoms with van der Waals surface area (Å²) in [6, 6.07) is 3.47. The Hall–Kier alpha value is -1.66. The van der Waals surface area contributed by atoms with Crippen molar-refractivity contribution in [3.63, 3.8) is 0 Å². The molecule has 0 radical (unpaired) electrons. The van der Waals surface area contributed by atoms with Crippen LogP contribution in [0.15, 0.2) is 27.3 Å². The molecular formula is C10H11N3O3. The van der Waals surface area contributed by atoms with Gasteiger partial charge in [0.25, 0.3) is 0 Å². The molecule has 3 rings (SSSR count). The Balaban J connectivity index is 1.83. The van der Waals surface area contributed by atoms with Gasteiger partial charge in [-0.15, -0.1) is 0 Å². The highest BCUT2D eigenvalue weighted by Crippen LogP contribution is 2.24. The third kappa shape index (κ3) is 1.62. The van der Waals surface area contributed by atoms with Crippen LogP contribution in [0, 0.1) is 0 Å². The number of β-amino-alcohol motifs (C(OH)–C–C–N with tert-alkyl or cyclic N) is 1. The molecule has 6 heteroatoms. The van der Waals surface area contributed by atoms with Gasteiger partial charge in [0.1, 0.15) is 0 Å². The van der Waals surface area contributed by atoms with E-state index >= 15 is 0 Å². The molecule has 1 saturated heterocycles. The molecule has 0 unspecified atom stereocenters. The molecule has 1 aliphatic rings. The highest BCUT2D eigenvalue weighted by Gasteiger charge is 2.28. The van der Waals surface area contributed by atoms with Crippen molar-refractivity contribution in [1.82, 2.24) is 15.5 Å². The fourth-order valence-corrected chi connectivity index (χ4v) is 1.79. The molecule has 2 aromatic heterocycles. The summed E-state index contributed by atoms with van der Waals surface area (Å²) < 4.78 is 10.3. The Labute approximate surface area is 91.3 Å². The Bertz CT molecular complexity index is 465. The van der Waals surface area contributed by atoms with Gasteiger partial charge in [-0.1, -0.05) is 5.16 Å². The van der Waals surface area contributed by atoms with Crippen molar-refractivity contribution in [1.29, 1.82) is 0 Å².